The van der Waals surface area contributed by atoms with Crippen LogP contribution in [-0.2, 0) is 4.74 Å². The minimum Gasteiger partial charge on any atom is -0.476 e. The number of hydrogen-bond acceptors (Lipinski definition) is 10. The number of terminal acetylenes is 3. The number of aromatic nitrogens is 6. The first kappa shape index (κ1) is 57.1. The summed E-state index contributed by atoms with van der Waals surface area (Å²) in [5.41, 5.74) is 10.6. The Morgan fingerprint density at radius 1 is 0.518 bits per heavy atom. The monoisotopic (exact) mass is 1130 g/mol. The number of aromatic carboxylic acids is 1. The Morgan fingerprint density at radius 2 is 0.847 bits per heavy atom. The fourth-order valence-corrected chi connectivity index (χ4v) is 10.4. The van der Waals surface area contributed by atoms with Crippen LogP contribution in [0, 0.1) is 54.5 Å². The third kappa shape index (κ3) is 10.7. The first-order valence-electron chi connectivity index (χ1n) is 26.6. The highest BCUT2D eigenvalue weighted by molar-refractivity contribution is 6.17. The summed E-state index contributed by atoms with van der Waals surface area (Å²) >= 11 is 0. The molecule has 15 nitrogen and oxygen atoms in total. The number of carboxylic acid groups (broad SMARTS) is 1. The van der Waals surface area contributed by atoms with E-state index in [9.17, 15) is 32.7 Å². The number of nitrogens with zero attached hydrogens (tertiary/aromatic N) is 10. The second-order valence-electron chi connectivity index (χ2n) is 19.8. The molecular formula is C67H51F3N10O5. The molecule has 0 aliphatic carbocycles. The van der Waals surface area contributed by atoms with Crippen LogP contribution in [0.3, 0.4) is 0 Å². The van der Waals surface area contributed by atoms with Gasteiger partial charge in [-0.3, -0.25) is 33.5 Å². The Hall–Kier alpha value is -11.2. The molecule has 1 amide bonds. The maximum atomic E-state index is 14.7. The first-order valence-corrected chi connectivity index (χ1v) is 26.6. The van der Waals surface area contributed by atoms with E-state index in [2.05, 4.69) is 37.7 Å². The summed E-state index contributed by atoms with van der Waals surface area (Å²) in [6, 6.07) is 34.0. The lowest BCUT2D eigenvalue weighted by atomic mass is 9.98. The number of rotatable bonds is 7. The van der Waals surface area contributed by atoms with Crippen molar-refractivity contribution < 1.29 is 37.4 Å². The van der Waals surface area contributed by atoms with Crippen LogP contribution in [0.15, 0.2) is 161 Å². The Kier molecular flexibility index (Phi) is 15.9. The van der Waals surface area contributed by atoms with E-state index in [1.165, 1.54) is 29.4 Å². The van der Waals surface area contributed by atoms with E-state index in [4.69, 9.17) is 34.0 Å². The fourth-order valence-electron chi connectivity index (χ4n) is 10.4. The predicted molar refractivity (Wildman–Crippen MR) is 317 cm³/mol. The van der Waals surface area contributed by atoms with Crippen molar-refractivity contribution in [3.8, 4) is 54.1 Å². The molecule has 18 heteroatoms. The molecule has 0 unspecified atom stereocenters. The number of esters is 1. The average molecular weight is 1130 g/mol. The second kappa shape index (κ2) is 23.7. The largest absolute Gasteiger partial charge is 0.476 e. The predicted octanol–water partition coefficient (Wildman–Crippen LogP) is 11.3. The summed E-state index contributed by atoms with van der Waals surface area (Å²) in [6.07, 6.45) is 21.4. The van der Waals surface area contributed by atoms with E-state index >= 15 is 0 Å². The van der Waals surface area contributed by atoms with Gasteiger partial charge in [-0.2, -0.15) is 0 Å². The van der Waals surface area contributed by atoms with Gasteiger partial charge in [0.15, 0.2) is 17.1 Å². The number of aliphatic imine (C=N–C) groups is 3. The van der Waals surface area contributed by atoms with E-state index < -0.39 is 35.9 Å². The van der Waals surface area contributed by atoms with Crippen LogP contribution in [-0.4, -0.2) is 94.3 Å². The van der Waals surface area contributed by atoms with Gasteiger partial charge in [-0.05, 0) is 119 Å². The number of amides is 1. The maximum Gasteiger partial charge on any atom is 0.358 e. The van der Waals surface area contributed by atoms with E-state index in [0.29, 0.717) is 101 Å². The average Bonchev–Trinajstić information content (AvgIpc) is 3.37. The van der Waals surface area contributed by atoms with Gasteiger partial charge in [-0.1, -0.05) is 54.2 Å². The smallest absolute Gasteiger partial charge is 0.358 e. The Morgan fingerprint density at radius 3 is 1.18 bits per heavy atom. The van der Waals surface area contributed by atoms with Crippen molar-refractivity contribution >= 4 is 35.0 Å². The van der Waals surface area contributed by atoms with Crippen molar-refractivity contribution in [2.45, 2.75) is 45.8 Å². The van der Waals surface area contributed by atoms with Gasteiger partial charge in [0.2, 0.25) is 0 Å². The van der Waals surface area contributed by atoms with Crippen molar-refractivity contribution in [1.29, 1.82) is 0 Å². The number of carboxylic acids is 1. The van der Waals surface area contributed by atoms with E-state index in [1.54, 1.807) is 135 Å². The van der Waals surface area contributed by atoms with Crippen molar-refractivity contribution in [2.75, 3.05) is 20.7 Å². The molecule has 3 aromatic heterocycles. The van der Waals surface area contributed by atoms with Crippen molar-refractivity contribution in [3.05, 3.63) is 248 Å². The highest BCUT2D eigenvalue weighted by Crippen LogP contribution is 2.37. The number of benzene rings is 6. The van der Waals surface area contributed by atoms with Gasteiger partial charge in [0.25, 0.3) is 5.91 Å². The molecule has 0 radical (unpaired) electrons. The van der Waals surface area contributed by atoms with Crippen molar-refractivity contribution in [3.63, 3.8) is 0 Å². The van der Waals surface area contributed by atoms with Crippen LogP contribution in [0.5, 0.6) is 0 Å². The number of fused-ring (bicyclic) bond motifs is 9. The summed E-state index contributed by atoms with van der Waals surface area (Å²) in [5, 5.41) is 9.49. The lowest BCUT2D eigenvalue weighted by Gasteiger charge is -2.14. The highest BCUT2D eigenvalue weighted by atomic mass is 19.1. The summed E-state index contributed by atoms with van der Waals surface area (Å²) in [6.45, 7) is 7.45. The van der Waals surface area contributed by atoms with Gasteiger partial charge in [-0.15, -0.1) is 19.3 Å². The van der Waals surface area contributed by atoms with Crippen LogP contribution < -0.4 is 0 Å². The minimum absolute atomic E-state index is 0.0759. The molecular weight excluding hydrogens is 1080 g/mol. The summed E-state index contributed by atoms with van der Waals surface area (Å²) in [7, 11) is 3.35. The van der Waals surface area contributed by atoms with Crippen LogP contribution in [0.25, 0.3) is 17.1 Å². The topological polar surface area (TPSA) is 174 Å². The van der Waals surface area contributed by atoms with E-state index in [-0.39, 0.29) is 35.5 Å². The Bertz CT molecular complexity index is 4430. The highest BCUT2D eigenvalue weighted by Gasteiger charge is 2.33. The van der Waals surface area contributed by atoms with Crippen molar-refractivity contribution in [1.82, 2.24) is 33.6 Å². The number of hydrogen-bond donors (Lipinski definition) is 1. The van der Waals surface area contributed by atoms with Gasteiger partial charge >= 0.3 is 11.9 Å². The minimum atomic E-state index is -1.14. The van der Waals surface area contributed by atoms with Crippen molar-refractivity contribution in [2.24, 2.45) is 15.0 Å². The van der Waals surface area contributed by atoms with E-state index in [1.807, 2.05) is 42.7 Å². The van der Waals surface area contributed by atoms with Crippen LogP contribution >= 0.6 is 0 Å². The molecule has 6 heterocycles. The van der Waals surface area contributed by atoms with Gasteiger partial charge < -0.3 is 14.7 Å². The molecule has 3 atom stereocenters. The Balaban J connectivity index is 0.000000142. The van der Waals surface area contributed by atoms with Gasteiger partial charge in [0.05, 0.1) is 76.0 Å². The summed E-state index contributed by atoms with van der Waals surface area (Å²) in [5.74, 6) is 4.78. The Labute approximate surface area is 487 Å². The second-order valence-corrected chi connectivity index (χ2v) is 19.8. The zero-order valence-electron chi connectivity index (χ0n) is 46.7. The summed E-state index contributed by atoms with van der Waals surface area (Å²) in [4.78, 5) is 65.1. The lowest BCUT2D eigenvalue weighted by molar-refractivity contribution is 0.0517. The zero-order valence-corrected chi connectivity index (χ0v) is 46.7. The summed E-state index contributed by atoms with van der Waals surface area (Å²) < 4.78 is 54.3. The lowest BCUT2D eigenvalue weighted by Crippen LogP contribution is -2.24. The molecule has 0 saturated heterocycles. The molecule has 6 aromatic carbocycles. The third-order valence-electron chi connectivity index (χ3n) is 14.3. The van der Waals surface area contributed by atoms with Crippen LogP contribution in [0.1, 0.15) is 144 Å². The first-order chi connectivity index (χ1) is 41.0. The van der Waals surface area contributed by atoms with Gasteiger partial charge in [0.1, 0.15) is 36.4 Å². The molecule has 12 rings (SSSR count). The number of halogens is 3. The number of carbonyl (C=O) groups excluding carboxylic acids is 2. The van der Waals surface area contributed by atoms with Crippen LogP contribution in [0.4, 0.5) is 13.2 Å². The van der Waals surface area contributed by atoms with Crippen LogP contribution in [0.2, 0.25) is 0 Å². The molecule has 0 spiro atoms. The molecule has 85 heavy (non-hydrogen) atoms. The molecule has 0 saturated carbocycles. The normalized spacial score (nSPS) is 14.9. The SMILES string of the molecule is C#Cc1ccc2c(c1)C(c1ccccc1F)=N[C@@H](C)c1c(C(=O)N(C)C)ncn1-2.C#Cc1ccc2c(c1)C(c1ccccc1F)=N[C@@H](C)c1c(C(=O)O)ncn1-2.C#Cc1ccc2c(c1)C(c1ccccc1F)=N[C@@H](C)c1c(C(=O)OCC)ncn1-2. The standard InChI is InChI=1S/C23H19FN4O.C23H18FN3O2.C21H14FN3O2/c1-5-15-10-11-19-17(12-15)20(16-8-6-7-9-18(16)24)26-14(2)22-21(23(29)27(3)4)25-13-28(19)22;1-4-15-10-11-19-17(12-15)20(16-8-6-7-9-18(16)24)26-14(3)22-21(23(28)29-5-2)25-13-27(19)22;1-3-13-8-9-17-15(10-13)18(14-6-4-5-7-16(14)22)24-12(2)20-19(21(26)27)23-11-25(17)20/h1,6-14H,2-4H3;1,6-14H,5H2,2-3H3;1,4-12H,2H3,(H,26,27)/t2*14-;12-/m000/s1. The van der Waals surface area contributed by atoms with Gasteiger partial charge in [-0.25, -0.2) is 37.7 Å². The van der Waals surface area contributed by atoms with E-state index in [0.717, 1.165) is 5.69 Å². The number of ether oxygens (including phenoxy) is 1. The molecule has 1 N–H and O–H groups in total. The number of imidazole rings is 3. The molecule has 420 valence electrons. The zero-order chi connectivity index (χ0) is 60.4. The molecule has 3 aliphatic rings. The fraction of sp³-hybridized carbons (Fsp3) is 0.149. The quantitative estimate of drug-likeness (QED) is 0.121. The molecule has 9 aromatic rings. The maximum absolute atomic E-state index is 14.7. The van der Waals surface area contributed by atoms with Gasteiger partial charge in [0, 0.05) is 64.2 Å². The molecule has 3 aliphatic heterocycles. The number of carbonyl (C=O) groups is 3. The molecule has 0 fully saturated rings. The molecule has 0 bridgehead atoms. The third-order valence-corrected chi connectivity index (χ3v) is 14.3.